The molecule has 3 aliphatic rings. The summed E-state index contributed by atoms with van der Waals surface area (Å²) in [5, 5.41) is 0. The zero-order valence-corrected chi connectivity index (χ0v) is 34.6. The highest BCUT2D eigenvalue weighted by molar-refractivity contribution is 6.08. The molecule has 0 radical (unpaired) electrons. The first-order valence-corrected chi connectivity index (χ1v) is 21.1. The standard InChI is InChI=1S/C51H51N5O4/c1-35-28-37-16-10-11-17-39(37)33-56(35)50(58)45-30-40-32-54(51(59)53(3)41-18-8-5-9-19-41)27-25-38(40)29-44(45)48-31-46(47-20-12-13-26-55(47)48)49(57)52(2)42-21-23-43(24-22-42)60-34-36-14-6-4-7-15-36/h4-11,14-19,21-24,29-31,35H,12-13,20,25-28,32-34H2,1-3H3/t35-/m1/s1. The highest BCUT2D eigenvalue weighted by Gasteiger charge is 2.34. The number of aromatic nitrogens is 1. The van der Waals surface area contributed by atoms with Gasteiger partial charge in [-0.05, 0) is 121 Å². The number of fused-ring (bicyclic) bond motifs is 3. The van der Waals surface area contributed by atoms with Gasteiger partial charge in [0.05, 0.1) is 5.56 Å². The van der Waals surface area contributed by atoms with Gasteiger partial charge >= 0.3 is 6.03 Å². The molecule has 6 aromatic rings. The summed E-state index contributed by atoms with van der Waals surface area (Å²) in [6.07, 6.45) is 4.20. The average molecular weight is 798 g/mol. The number of urea groups is 1. The number of ether oxygens (including phenoxy) is 1. The van der Waals surface area contributed by atoms with Gasteiger partial charge in [0.15, 0.2) is 0 Å². The zero-order chi connectivity index (χ0) is 41.3. The second-order valence-electron chi connectivity index (χ2n) is 16.4. The van der Waals surface area contributed by atoms with Crippen LogP contribution in [-0.4, -0.2) is 58.9 Å². The van der Waals surface area contributed by atoms with E-state index in [-0.39, 0.29) is 23.9 Å². The van der Waals surface area contributed by atoms with E-state index in [1.54, 1.807) is 9.80 Å². The van der Waals surface area contributed by atoms with Crippen LogP contribution < -0.4 is 14.5 Å². The number of benzene rings is 5. The van der Waals surface area contributed by atoms with Crippen LogP contribution in [0, 0.1) is 0 Å². The summed E-state index contributed by atoms with van der Waals surface area (Å²) in [6, 6.07) is 41.9. The molecule has 4 amide bonds. The molecule has 0 saturated carbocycles. The lowest BCUT2D eigenvalue weighted by Gasteiger charge is -2.36. The van der Waals surface area contributed by atoms with Gasteiger partial charge in [0, 0.05) is 80.2 Å². The first-order valence-electron chi connectivity index (χ1n) is 21.1. The number of carbonyl (C=O) groups is 3. The Balaban J connectivity index is 1.06. The van der Waals surface area contributed by atoms with Crippen molar-refractivity contribution in [3.05, 3.63) is 172 Å². The molecule has 9 heteroatoms. The topological polar surface area (TPSA) is 78.3 Å². The fourth-order valence-corrected chi connectivity index (χ4v) is 9.13. The van der Waals surface area contributed by atoms with Crippen molar-refractivity contribution in [1.29, 1.82) is 0 Å². The van der Waals surface area contributed by atoms with Gasteiger partial charge < -0.3 is 24.0 Å². The van der Waals surface area contributed by atoms with E-state index in [1.165, 1.54) is 5.56 Å². The Hall–Kier alpha value is -6.61. The van der Waals surface area contributed by atoms with Crippen molar-refractivity contribution in [3.8, 4) is 17.0 Å². The van der Waals surface area contributed by atoms with Gasteiger partial charge in [0.2, 0.25) is 0 Å². The van der Waals surface area contributed by atoms with E-state index in [4.69, 9.17) is 4.74 Å². The van der Waals surface area contributed by atoms with Gasteiger partial charge in [0.25, 0.3) is 11.8 Å². The number of nitrogens with zero attached hydrogens (tertiary/aromatic N) is 5. The quantitative estimate of drug-likeness (QED) is 0.154. The number of rotatable bonds is 8. The smallest absolute Gasteiger partial charge is 0.324 e. The highest BCUT2D eigenvalue weighted by Crippen LogP contribution is 2.38. The van der Waals surface area contributed by atoms with Gasteiger partial charge in [-0.3, -0.25) is 14.5 Å². The molecule has 304 valence electrons. The Morgan fingerprint density at radius 1 is 0.667 bits per heavy atom. The lowest BCUT2D eigenvalue weighted by atomic mass is 9.89. The monoisotopic (exact) mass is 797 g/mol. The molecule has 0 saturated heterocycles. The summed E-state index contributed by atoms with van der Waals surface area (Å²) in [5.74, 6) is 0.609. The van der Waals surface area contributed by atoms with Gasteiger partial charge in [-0.2, -0.15) is 0 Å². The molecule has 1 aromatic heterocycles. The minimum atomic E-state index is -0.0892. The Morgan fingerprint density at radius 3 is 2.13 bits per heavy atom. The molecule has 0 bridgehead atoms. The van der Waals surface area contributed by atoms with Crippen molar-refractivity contribution in [1.82, 2.24) is 14.4 Å². The predicted molar refractivity (Wildman–Crippen MR) is 237 cm³/mol. The van der Waals surface area contributed by atoms with Crippen molar-refractivity contribution in [2.75, 3.05) is 30.4 Å². The molecular weight excluding hydrogens is 747 g/mol. The van der Waals surface area contributed by atoms with Gasteiger partial charge in [-0.25, -0.2) is 4.79 Å². The minimum absolute atomic E-state index is 0.00368. The summed E-state index contributed by atoms with van der Waals surface area (Å²) in [6.45, 7) is 4.85. The minimum Gasteiger partial charge on any atom is -0.489 e. The van der Waals surface area contributed by atoms with Crippen LogP contribution in [0.1, 0.15) is 74.0 Å². The predicted octanol–water partition coefficient (Wildman–Crippen LogP) is 9.55. The van der Waals surface area contributed by atoms with E-state index in [1.807, 2.05) is 127 Å². The van der Waals surface area contributed by atoms with Gasteiger partial charge in [-0.15, -0.1) is 0 Å². The molecule has 9 rings (SSSR count). The molecule has 1 atom stereocenters. The largest absolute Gasteiger partial charge is 0.489 e. The Labute approximate surface area is 352 Å². The number of amides is 4. The van der Waals surface area contributed by atoms with E-state index < -0.39 is 0 Å². The van der Waals surface area contributed by atoms with E-state index in [2.05, 4.69) is 35.8 Å². The van der Waals surface area contributed by atoms with Crippen LogP contribution in [0.15, 0.2) is 127 Å². The zero-order valence-electron chi connectivity index (χ0n) is 34.6. The Kier molecular flexibility index (Phi) is 10.7. The molecule has 0 unspecified atom stereocenters. The Bertz CT molecular complexity index is 2550. The van der Waals surface area contributed by atoms with Crippen LogP contribution in [0.3, 0.4) is 0 Å². The summed E-state index contributed by atoms with van der Waals surface area (Å²) < 4.78 is 8.31. The van der Waals surface area contributed by atoms with E-state index in [0.29, 0.717) is 43.8 Å². The Morgan fingerprint density at radius 2 is 1.37 bits per heavy atom. The first-order chi connectivity index (χ1) is 29.2. The third kappa shape index (κ3) is 7.56. The number of carbonyl (C=O) groups excluding carboxylic acids is 3. The van der Waals surface area contributed by atoms with Crippen LogP contribution in [0.25, 0.3) is 11.3 Å². The van der Waals surface area contributed by atoms with Gasteiger partial charge in [-0.1, -0.05) is 72.8 Å². The number of hydrogen-bond donors (Lipinski definition) is 0. The third-order valence-electron chi connectivity index (χ3n) is 12.6. The van der Waals surface area contributed by atoms with Crippen LogP contribution in [0.5, 0.6) is 5.75 Å². The fraction of sp³-hybridized carbons (Fsp3) is 0.275. The van der Waals surface area contributed by atoms with Crippen LogP contribution in [0.4, 0.5) is 16.2 Å². The average Bonchev–Trinajstić information content (AvgIpc) is 3.69. The van der Waals surface area contributed by atoms with Crippen molar-refractivity contribution in [3.63, 3.8) is 0 Å². The second-order valence-corrected chi connectivity index (χ2v) is 16.4. The van der Waals surface area contributed by atoms with E-state index >= 15 is 4.79 Å². The molecule has 4 heterocycles. The highest BCUT2D eigenvalue weighted by atomic mass is 16.5. The molecule has 0 aliphatic carbocycles. The van der Waals surface area contributed by atoms with E-state index in [0.717, 1.165) is 88.6 Å². The van der Waals surface area contributed by atoms with Gasteiger partial charge in [0.1, 0.15) is 12.4 Å². The van der Waals surface area contributed by atoms with E-state index in [9.17, 15) is 9.59 Å². The molecule has 0 N–H and O–H groups in total. The summed E-state index contributed by atoms with van der Waals surface area (Å²) >= 11 is 0. The molecule has 0 spiro atoms. The maximum absolute atomic E-state index is 15.1. The third-order valence-corrected chi connectivity index (χ3v) is 12.6. The second kappa shape index (κ2) is 16.6. The SMILES string of the molecule is C[C@@H]1Cc2ccccc2CN1C(=O)c1cc2c(cc1-c1cc(C(=O)N(C)c3ccc(OCc4ccccc4)cc3)c3n1CCCC3)CCN(C(=O)N(C)c1ccccc1)C2. The molecule has 3 aliphatic heterocycles. The van der Waals surface area contributed by atoms with Crippen molar-refractivity contribution in [2.45, 2.75) is 71.3 Å². The first kappa shape index (κ1) is 38.9. The molecule has 0 fully saturated rings. The molecule has 9 nitrogen and oxygen atoms in total. The van der Waals surface area contributed by atoms with Crippen molar-refractivity contribution >= 4 is 29.2 Å². The molecule has 5 aromatic carbocycles. The van der Waals surface area contributed by atoms with Crippen LogP contribution in [-0.2, 0) is 45.5 Å². The molecular formula is C51H51N5O4. The number of hydrogen-bond acceptors (Lipinski definition) is 4. The molecule has 60 heavy (non-hydrogen) atoms. The summed E-state index contributed by atoms with van der Waals surface area (Å²) in [5.41, 5.74) is 11.2. The van der Waals surface area contributed by atoms with Crippen molar-refractivity contribution < 1.29 is 19.1 Å². The number of anilines is 2. The summed E-state index contributed by atoms with van der Waals surface area (Å²) in [4.78, 5) is 50.7. The van der Waals surface area contributed by atoms with Crippen LogP contribution >= 0.6 is 0 Å². The lowest BCUT2D eigenvalue weighted by molar-refractivity contribution is 0.0658. The summed E-state index contributed by atoms with van der Waals surface area (Å²) in [7, 11) is 3.63. The lowest BCUT2D eigenvalue weighted by Crippen LogP contribution is -2.44. The van der Waals surface area contributed by atoms with Crippen LogP contribution in [0.2, 0.25) is 0 Å². The van der Waals surface area contributed by atoms with Crippen molar-refractivity contribution in [2.24, 2.45) is 0 Å². The fourth-order valence-electron chi connectivity index (χ4n) is 9.13. The number of para-hydroxylation sites is 1. The maximum atomic E-state index is 15.1. The normalized spacial score (nSPS) is 15.7. The maximum Gasteiger partial charge on any atom is 0.324 e.